The fourth-order valence-corrected chi connectivity index (χ4v) is 8.02. The third kappa shape index (κ3) is 2.51. The molecule has 37 heavy (non-hydrogen) atoms. The van der Waals surface area contributed by atoms with Crippen LogP contribution in [-0.4, -0.2) is 9.38 Å². The Bertz CT molecular complexity index is 1650. The standard InChI is InChI=1S/C34H46N3/c1-14-34(13)23-19-35-27(29(2,3)4)20-15-16-36-24-17-21-22(31(7,8)32(9,10)30(21,5)6)18-25(24)37(33(34,11)12)28(36)26(20)23/h15-19H,14H2,1-13H3/q+1. The molecular formula is C34H46N3+. The van der Waals surface area contributed by atoms with E-state index in [1.807, 2.05) is 0 Å². The maximum absolute atomic E-state index is 5.13. The first-order valence-corrected chi connectivity index (χ1v) is 14.2. The first-order valence-electron chi connectivity index (χ1n) is 14.2. The van der Waals surface area contributed by atoms with E-state index in [0.29, 0.717) is 0 Å². The fraction of sp³-hybridized carbons (Fsp3) is 0.588. The molecule has 0 radical (unpaired) electrons. The summed E-state index contributed by atoms with van der Waals surface area (Å²) in [5, 5.41) is 2.69. The molecule has 0 spiro atoms. The number of rotatable bonds is 1. The monoisotopic (exact) mass is 496 g/mol. The zero-order chi connectivity index (χ0) is 27.3. The largest absolute Gasteiger partial charge is 0.296 e. The molecule has 0 amide bonds. The number of hydrogen-bond acceptors (Lipinski definition) is 1. The minimum Gasteiger partial charge on any atom is -0.260 e. The van der Waals surface area contributed by atoms with Crippen molar-refractivity contribution in [2.75, 3.05) is 0 Å². The summed E-state index contributed by atoms with van der Waals surface area (Å²) in [7, 11) is 0. The summed E-state index contributed by atoms with van der Waals surface area (Å²) in [5.74, 6) is 0. The molecule has 1 atom stereocenters. The second-order valence-corrected chi connectivity index (χ2v) is 15.4. The second-order valence-electron chi connectivity index (χ2n) is 15.4. The van der Waals surface area contributed by atoms with Gasteiger partial charge in [0.05, 0.1) is 17.3 Å². The number of benzene rings is 1. The van der Waals surface area contributed by atoms with Crippen LogP contribution in [0.5, 0.6) is 0 Å². The molecule has 196 valence electrons. The van der Waals surface area contributed by atoms with E-state index in [1.54, 1.807) is 0 Å². The lowest BCUT2D eigenvalue weighted by Crippen LogP contribution is -2.64. The van der Waals surface area contributed by atoms with Gasteiger partial charge in [-0.1, -0.05) is 76.2 Å². The molecule has 0 fully saturated rings. The molecule has 1 aliphatic heterocycles. The van der Waals surface area contributed by atoms with Crippen molar-refractivity contribution in [3.05, 3.63) is 53.0 Å². The van der Waals surface area contributed by atoms with Crippen LogP contribution in [-0.2, 0) is 27.2 Å². The summed E-state index contributed by atoms with van der Waals surface area (Å²) in [4.78, 5) is 5.13. The van der Waals surface area contributed by atoms with E-state index in [4.69, 9.17) is 4.98 Å². The Kier molecular flexibility index (Phi) is 4.43. The van der Waals surface area contributed by atoms with Crippen LogP contribution in [0.1, 0.15) is 119 Å². The number of imidazole rings is 1. The van der Waals surface area contributed by atoms with Crippen LogP contribution in [0.2, 0.25) is 0 Å². The van der Waals surface area contributed by atoms with Gasteiger partial charge >= 0.3 is 0 Å². The van der Waals surface area contributed by atoms with E-state index in [0.717, 1.165) is 6.42 Å². The predicted molar refractivity (Wildman–Crippen MR) is 156 cm³/mol. The molecule has 4 aromatic rings. The van der Waals surface area contributed by atoms with Crippen LogP contribution in [0.15, 0.2) is 30.6 Å². The van der Waals surface area contributed by atoms with Gasteiger partial charge in [0.1, 0.15) is 5.54 Å². The molecule has 6 rings (SSSR count). The molecule has 0 saturated carbocycles. The average molecular weight is 497 g/mol. The minimum absolute atomic E-state index is 0.0237. The summed E-state index contributed by atoms with van der Waals surface area (Å²) in [6.45, 7) is 31.3. The molecule has 0 bridgehead atoms. The van der Waals surface area contributed by atoms with E-state index in [1.165, 1.54) is 49.8 Å². The number of nitrogens with zero attached hydrogens (tertiary/aromatic N) is 3. The van der Waals surface area contributed by atoms with Crippen molar-refractivity contribution in [1.82, 2.24) is 9.38 Å². The fourth-order valence-electron chi connectivity index (χ4n) is 8.02. The zero-order valence-corrected chi connectivity index (χ0v) is 25.4. The lowest BCUT2D eigenvalue weighted by molar-refractivity contribution is -0.724. The first-order chi connectivity index (χ1) is 16.9. The highest BCUT2D eigenvalue weighted by atomic mass is 15.2. The van der Waals surface area contributed by atoms with E-state index >= 15 is 0 Å². The topological polar surface area (TPSA) is 21.2 Å². The van der Waals surface area contributed by atoms with Crippen LogP contribution in [0.25, 0.3) is 27.5 Å². The highest BCUT2D eigenvalue weighted by Crippen LogP contribution is 2.62. The molecule has 1 unspecified atom stereocenters. The molecular weight excluding hydrogens is 450 g/mol. The lowest BCUT2D eigenvalue weighted by atomic mass is 9.59. The first kappa shape index (κ1) is 24.9. The van der Waals surface area contributed by atoms with Crippen LogP contribution in [0.3, 0.4) is 0 Å². The van der Waals surface area contributed by atoms with Crippen LogP contribution in [0, 0.1) is 5.41 Å². The SMILES string of the molecule is CCC1(C)c2cnc(C(C)(C)C)c3ccn4c5cc6c(cc5[n+](c4c23)C1(C)C)C(C)(C)C(C)(C)C6(C)C. The summed E-state index contributed by atoms with van der Waals surface area (Å²) in [5.41, 5.74) is 9.71. The minimum atomic E-state index is -0.122. The van der Waals surface area contributed by atoms with Gasteiger partial charge in [-0.25, -0.2) is 4.57 Å². The van der Waals surface area contributed by atoms with Crippen molar-refractivity contribution in [2.45, 2.75) is 124 Å². The van der Waals surface area contributed by atoms with Crippen molar-refractivity contribution >= 4 is 27.5 Å². The van der Waals surface area contributed by atoms with Crippen molar-refractivity contribution in [3.8, 4) is 0 Å². The van der Waals surface area contributed by atoms with E-state index in [9.17, 15) is 0 Å². The lowest BCUT2D eigenvalue weighted by Gasteiger charge is -2.45. The molecule has 1 aromatic carbocycles. The summed E-state index contributed by atoms with van der Waals surface area (Å²) < 4.78 is 5.18. The summed E-state index contributed by atoms with van der Waals surface area (Å²) in [6.07, 6.45) is 5.58. The van der Waals surface area contributed by atoms with Crippen LogP contribution < -0.4 is 4.57 Å². The second kappa shape index (κ2) is 6.58. The van der Waals surface area contributed by atoms with E-state index in [-0.39, 0.29) is 32.6 Å². The molecule has 3 nitrogen and oxygen atoms in total. The van der Waals surface area contributed by atoms with Gasteiger partial charge in [-0.3, -0.25) is 4.98 Å². The maximum atomic E-state index is 5.13. The smallest absolute Gasteiger partial charge is 0.260 e. The van der Waals surface area contributed by atoms with Gasteiger partial charge in [-0.15, -0.1) is 0 Å². The van der Waals surface area contributed by atoms with Gasteiger partial charge in [0.25, 0.3) is 5.65 Å². The third-order valence-corrected chi connectivity index (χ3v) is 12.2. The van der Waals surface area contributed by atoms with Gasteiger partial charge < -0.3 is 0 Å². The van der Waals surface area contributed by atoms with Gasteiger partial charge in [0.15, 0.2) is 11.0 Å². The molecule has 2 aliphatic rings. The number of aromatic nitrogens is 3. The van der Waals surface area contributed by atoms with Crippen LogP contribution >= 0.6 is 0 Å². The summed E-state index contributed by atoms with van der Waals surface area (Å²) >= 11 is 0. The molecule has 1 aliphatic carbocycles. The quantitative estimate of drug-likeness (QED) is 0.243. The molecule has 3 heteroatoms. The molecule has 3 aromatic heterocycles. The molecule has 0 saturated heterocycles. The maximum Gasteiger partial charge on any atom is 0.296 e. The third-order valence-electron chi connectivity index (χ3n) is 12.2. The summed E-state index contributed by atoms with van der Waals surface area (Å²) in [6, 6.07) is 7.44. The van der Waals surface area contributed by atoms with E-state index in [2.05, 4.69) is 130 Å². The Labute approximate surface area is 223 Å². The number of hydrogen-bond donors (Lipinski definition) is 0. The van der Waals surface area contributed by atoms with Gasteiger partial charge in [-0.05, 0) is 71.4 Å². The normalized spacial score (nSPS) is 24.9. The Balaban J connectivity index is 1.89. The number of pyridine rings is 2. The number of fused-ring (bicyclic) bond motifs is 4. The Morgan fingerprint density at radius 3 is 2.03 bits per heavy atom. The molecule has 4 heterocycles. The van der Waals surface area contributed by atoms with Gasteiger partial charge in [0.2, 0.25) is 0 Å². The molecule has 0 N–H and O–H groups in total. The van der Waals surface area contributed by atoms with Crippen molar-refractivity contribution in [3.63, 3.8) is 0 Å². The van der Waals surface area contributed by atoms with E-state index < -0.39 is 0 Å². The Morgan fingerprint density at radius 2 is 1.46 bits per heavy atom. The van der Waals surface area contributed by atoms with Crippen molar-refractivity contribution in [2.24, 2.45) is 5.41 Å². The zero-order valence-electron chi connectivity index (χ0n) is 25.4. The van der Waals surface area contributed by atoms with Crippen LogP contribution in [0.4, 0.5) is 0 Å². The highest BCUT2D eigenvalue weighted by molar-refractivity contribution is 6.01. The van der Waals surface area contributed by atoms with Gasteiger partial charge in [0, 0.05) is 22.4 Å². The Hall–Kier alpha value is -2.42. The predicted octanol–water partition coefficient (Wildman–Crippen LogP) is 8.24. The average Bonchev–Trinajstić information content (AvgIpc) is 3.18. The highest BCUT2D eigenvalue weighted by Gasteiger charge is 2.58. The van der Waals surface area contributed by atoms with Crippen molar-refractivity contribution in [1.29, 1.82) is 0 Å². The van der Waals surface area contributed by atoms with Crippen molar-refractivity contribution < 1.29 is 4.57 Å². The Morgan fingerprint density at radius 1 is 0.865 bits per heavy atom. The van der Waals surface area contributed by atoms with Gasteiger partial charge in [-0.2, -0.15) is 4.40 Å².